The van der Waals surface area contributed by atoms with E-state index < -0.39 is 0 Å². The highest BCUT2D eigenvalue weighted by atomic mass is 35.5. The second kappa shape index (κ2) is 9.09. The van der Waals surface area contributed by atoms with Crippen LogP contribution in [0.3, 0.4) is 0 Å². The Morgan fingerprint density at radius 3 is 2.79 bits per heavy atom. The van der Waals surface area contributed by atoms with E-state index in [1.54, 1.807) is 13.3 Å². The van der Waals surface area contributed by atoms with E-state index >= 15 is 0 Å². The number of rotatable bonds is 7. The van der Waals surface area contributed by atoms with Gasteiger partial charge in [0.2, 0.25) is 0 Å². The highest BCUT2D eigenvalue weighted by Crippen LogP contribution is 2.41. The lowest BCUT2D eigenvalue weighted by Gasteiger charge is -2.28. The fourth-order valence-electron chi connectivity index (χ4n) is 3.82. The maximum absolute atomic E-state index is 6.20. The largest absolute Gasteiger partial charge is 0.385 e. The first-order chi connectivity index (χ1) is 13.7. The number of benzene rings is 1. The molecule has 1 aromatic carbocycles. The second-order valence-corrected chi connectivity index (χ2v) is 7.67. The molecule has 2 aromatic rings. The van der Waals surface area contributed by atoms with E-state index in [-0.39, 0.29) is 6.17 Å². The van der Waals surface area contributed by atoms with Gasteiger partial charge in [-0.25, -0.2) is 4.98 Å². The van der Waals surface area contributed by atoms with Gasteiger partial charge in [0.1, 0.15) is 6.17 Å². The van der Waals surface area contributed by atoms with Gasteiger partial charge in [0.25, 0.3) is 0 Å². The third-order valence-electron chi connectivity index (χ3n) is 5.28. The summed E-state index contributed by atoms with van der Waals surface area (Å²) in [5, 5.41) is 4.20. The Labute approximate surface area is 171 Å². The van der Waals surface area contributed by atoms with E-state index in [2.05, 4.69) is 44.4 Å². The molecule has 0 saturated carbocycles. The smallest absolute Gasteiger partial charge is 0.151 e. The summed E-state index contributed by atoms with van der Waals surface area (Å²) in [6.07, 6.45) is 2.68. The topological polar surface area (TPSA) is 49.9 Å². The van der Waals surface area contributed by atoms with Gasteiger partial charge < -0.3 is 19.7 Å². The fraction of sp³-hybridized carbons (Fsp3) is 0.476. The van der Waals surface area contributed by atoms with E-state index in [9.17, 15) is 0 Å². The number of halogens is 1. The predicted octanol–water partition coefficient (Wildman–Crippen LogP) is 3.53. The van der Waals surface area contributed by atoms with Crippen LogP contribution in [-0.4, -0.2) is 56.4 Å². The second-order valence-electron chi connectivity index (χ2n) is 7.24. The molecule has 0 radical (unpaired) electrons. The molecule has 6 nitrogen and oxygen atoms in total. The van der Waals surface area contributed by atoms with Crippen molar-refractivity contribution < 1.29 is 9.47 Å². The van der Waals surface area contributed by atoms with Gasteiger partial charge in [0.05, 0.1) is 23.9 Å². The summed E-state index contributed by atoms with van der Waals surface area (Å²) in [5.41, 5.74) is 3.59. The Hall–Kier alpha value is -1.86. The van der Waals surface area contributed by atoms with Crippen molar-refractivity contribution in [3.05, 3.63) is 52.7 Å². The molecule has 1 aromatic heterocycles. The molecule has 0 bridgehead atoms. The summed E-state index contributed by atoms with van der Waals surface area (Å²) in [6.45, 7) is 6.22. The molecule has 1 fully saturated rings. The Morgan fingerprint density at radius 1 is 1.25 bits per heavy atom. The average molecular weight is 403 g/mol. The number of pyridine rings is 1. The molecule has 0 aliphatic carbocycles. The molecule has 1 saturated heterocycles. The molecule has 2 aliphatic rings. The fourth-order valence-corrected chi connectivity index (χ4v) is 3.97. The molecule has 1 N–H and O–H groups in total. The Kier molecular flexibility index (Phi) is 6.32. The monoisotopic (exact) mass is 402 g/mol. The summed E-state index contributed by atoms with van der Waals surface area (Å²) in [6, 6.07) is 10.9. The lowest BCUT2D eigenvalue weighted by atomic mass is 10.1. The number of nitrogens with one attached hydrogen (secondary N) is 1. The zero-order valence-electron chi connectivity index (χ0n) is 16.2. The number of hydrogen-bond donors (Lipinski definition) is 1. The molecular weight excluding hydrogens is 376 g/mol. The van der Waals surface area contributed by atoms with Crippen molar-refractivity contribution in [2.24, 2.45) is 0 Å². The normalized spacial score (nSPS) is 19.5. The van der Waals surface area contributed by atoms with E-state index in [1.807, 2.05) is 6.07 Å². The van der Waals surface area contributed by atoms with Crippen LogP contribution in [-0.2, 0) is 16.0 Å². The van der Waals surface area contributed by atoms with Gasteiger partial charge in [-0.3, -0.25) is 4.90 Å². The molecular formula is C21H27ClN4O2. The van der Waals surface area contributed by atoms with Gasteiger partial charge in [0, 0.05) is 46.1 Å². The zero-order valence-corrected chi connectivity index (χ0v) is 17.0. The lowest BCUT2D eigenvalue weighted by Crippen LogP contribution is -2.35. The average Bonchev–Trinajstić information content (AvgIpc) is 3.07. The van der Waals surface area contributed by atoms with Crippen LogP contribution in [0.2, 0.25) is 5.02 Å². The first-order valence-electron chi connectivity index (χ1n) is 9.81. The Balaban J connectivity index is 1.49. The molecule has 150 valence electrons. The number of ether oxygens (including phenoxy) is 2. The van der Waals surface area contributed by atoms with Gasteiger partial charge in [0.15, 0.2) is 5.82 Å². The predicted molar refractivity (Wildman–Crippen MR) is 112 cm³/mol. The summed E-state index contributed by atoms with van der Waals surface area (Å²) in [5.74, 6) is 0.879. The van der Waals surface area contributed by atoms with E-state index in [0.29, 0.717) is 5.02 Å². The van der Waals surface area contributed by atoms with Crippen molar-refractivity contribution in [1.29, 1.82) is 0 Å². The van der Waals surface area contributed by atoms with Crippen LogP contribution in [0.15, 0.2) is 36.5 Å². The molecule has 3 heterocycles. The highest BCUT2D eigenvalue weighted by Gasteiger charge is 2.30. The van der Waals surface area contributed by atoms with E-state index in [0.717, 1.165) is 63.9 Å². The van der Waals surface area contributed by atoms with Crippen molar-refractivity contribution in [2.75, 3.05) is 56.8 Å². The molecule has 1 atom stereocenters. The van der Waals surface area contributed by atoms with Crippen LogP contribution in [0, 0.1) is 0 Å². The van der Waals surface area contributed by atoms with Crippen LogP contribution in [0.25, 0.3) is 0 Å². The first-order valence-corrected chi connectivity index (χ1v) is 10.2. The number of nitrogens with zero attached hydrogens (tertiary/aromatic N) is 3. The lowest BCUT2D eigenvalue weighted by molar-refractivity contribution is 0.0342. The van der Waals surface area contributed by atoms with Crippen LogP contribution in [0.5, 0.6) is 0 Å². The number of fused-ring (bicyclic) bond motifs is 1. The van der Waals surface area contributed by atoms with Crippen molar-refractivity contribution >= 4 is 23.1 Å². The minimum atomic E-state index is 0.0512. The van der Waals surface area contributed by atoms with Crippen molar-refractivity contribution in [2.45, 2.75) is 19.1 Å². The van der Waals surface area contributed by atoms with E-state index in [1.165, 1.54) is 11.1 Å². The molecule has 28 heavy (non-hydrogen) atoms. The van der Waals surface area contributed by atoms with Gasteiger partial charge in [-0.2, -0.15) is 0 Å². The van der Waals surface area contributed by atoms with Gasteiger partial charge in [-0.05, 0) is 23.6 Å². The number of aromatic nitrogens is 1. The summed E-state index contributed by atoms with van der Waals surface area (Å²) in [7, 11) is 1.74. The highest BCUT2D eigenvalue weighted by molar-refractivity contribution is 6.30. The standard InChI is InChI=1S/C21H27ClN4O2/c1-27-10-2-7-26-19-13-18(22)14-23-20(19)24-21(26)17-5-3-16(4-6-17)15-25-8-11-28-12-9-25/h3-6,13-14,21H,2,7-12,15H2,1H3,(H,23,24). The maximum atomic E-state index is 6.20. The molecule has 0 spiro atoms. The number of methoxy groups -OCH3 is 1. The minimum Gasteiger partial charge on any atom is -0.385 e. The molecule has 0 amide bonds. The third-order valence-corrected chi connectivity index (χ3v) is 5.49. The summed E-state index contributed by atoms with van der Waals surface area (Å²) >= 11 is 6.20. The summed E-state index contributed by atoms with van der Waals surface area (Å²) in [4.78, 5) is 9.23. The van der Waals surface area contributed by atoms with Gasteiger partial charge in [-0.15, -0.1) is 0 Å². The molecule has 7 heteroatoms. The van der Waals surface area contributed by atoms with Crippen molar-refractivity contribution in [1.82, 2.24) is 9.88 Å². The number of morpholine rings is 1. The Morgan fingerprint density at radius 2 is 2.04 bits per heavy atom. The van der Waals surface area contributed by atoms with Gasteiger partial charge >= 0.3 is 0 Å². The van der Waals surface area contributed by atoms with Gasteiger partial charge in [-0.1, -0.05) is 35.9 Å². The van der Waals surface area contributed by atoms with Crippen LogP contribution in [0.4, 0.5) is 11.5 Å². The minimum absolute atomic E-state index is 0.0512. The molecule has 2 aliphatic heterocycles. The Bertz CT molecular complexity index is 780. The number of anilines is 2. The first kappa shape index (κ1) is 19.5. The quantitative estimate of drug-likeness (QED) is 0.715. The summed E-state index contributed by atoms with van der Waals surface area (Å²) < 4.78 is 10.7. The zero-order chi connectivity index (χ0) is 19.3. The SMILES string of the molecule is COCCCN1c2cc(Cl)cnc2NC1c1ccc(CN2CCOCC2)cc1. The van der Waals surface area contributed by atoms with Crippen LogP contribution < -0.4 is 10.2 Å². The molecule has 1 unspecified atom stereocenters. The van der Waals surface area contributed by atoms with Crippen molar-refractivity contribution in [3.63, 3.8) is 0 Å². The molecule has 4 rings (SSSR count). The maximum Gasteiger partial charge on any atom is 0.151 e. The number of hydrogen-bond acceptors (Lipinski definition) is 6. The van der Waals surface area contributed by atoms with E-state index in [4.69, 9.17) is 21.1 Å². The van der Waals surface area contributed by atoms with Crippen LogP contribution in [0.1, 0.15) is 23.7 Å². The van der Waals surface area contributed by atoms with Crippen LogP contribution >= 0.6 is 11.6 Å². The third kappa shape index (κ3) is 4.41. The van der Waals surface area contributed by atoms with Crippen molar-refractivity contribution in [3.8, 4) is 0 Å².